The number of benzene rings is 1. The van der Waals surface area contributed by atoms with Gasteiger partial charge in [0, 0.05) is 18.2 Å². The average Bonchev–Trinajstić information content (AvgIpc) is 2.56. The van der Waals surface area contributed by atoms with Crippen molar-refractivity contribution in [1.29, 1.82) is 5.26 Å². The highest BCUT2D eigenvalue weighted by molar-refractivity contribution is 6.33. The number of nitrogens with one attached hydrogen (secondary N) is 2. The van der Waals surface area contributed by atoms with Gasteiger partial charge in [0.15, 0.2) is 0 Å². The minimum absolute atomic E-state index is 0.119. The van der Waals surface area contributed by atoms with Crippen LogP contribution >= 0.6 is 11.6 Å². The molecule has 0 aromatic heterocycles. The zero-order valence-electron chi connectivity index (χ0n) is 15.7. The molecular formula is C19H26ClN3O3. The molecule has 1 saturated carbocycles. The number of halogens is 1. The van der Waals surface area contributed by atoms with Gasteiger partial charge >= 0.3 is 6.09 Å². The molecule has 1 aromatic rings. The molecule has 0 unspecified atom stereocenters. The van der Waals surface area contributed by atoms with E-state index in [2.05, 4.69) is 16.7 Å². The number of anilines is 1. The molecule has 1 aromatic carbocycles. The summed E-state index contributed by atoms with van der Waals surface area (Å²) in [6.07, 6.45) is 3.16. The number of ether oxygens (including phenoxy) is 2. The Bertz CT molecular complexity index is 686. The molecule has 0 saturated heterocycles. The topological polar surface area (TPSA) is 83.4 Å². The van der Waals surface area contributed by atoms with Crippen LogP contribution in [0.3, 0.4) is 0 Å². The Morgan fingerprint density at radius 1 is 1.23 bits per heavy atom. The van der Waals surface area contributed by atoms with E-state index in [1.54, 1.807) is 12.1 Å². The summed E-state index contributed by atoms with van der Waals surface area (Å²) in [5.41, 5.74) is 0.674. The molecule has 6 nitrogen and oxygen atoms in total. The summed E-state index contributed by atoms with van der Waals surface area (Å²) < 4.78 is 10.5. The van der Waals surface area contributed by atoms with Crippen LogP contribution in [0.25, 0.3) is 0 Å². The molecular weight excluding hydrogens is 354 g/mol. The number of carbonyl (C=O) groups excluding carboxylic acids is 1. The second kappa shape index (κ2) is 8.50. The lowest BCUT2D eigenvalue weighted by atomic mass is 9.91. The van der Waals surface area contributed by atoms with Crippen molar-refractivity contribution in [2.45, 2.75) is 64.1 Å². The maximum atomic E-state index is 11.9. The van der Waals surface area contributed by atoms with Crippen molar-refractivity contribution in [3.63, 3.8) is 0 Å². The third-order valence-electron chi connectivity index (χ3n) is 4.22. The zero-order chi connectivity index (χ0) is 19.3. The number of nitrogens with zero attached hydrogens (tertiary/aromatic N) is 1. The largest absolute Gasteiger partial charge is 0.495 e. The van der Waals surface area contributed by atoms with Gasteiger partial charge in [0.2, 0.25) is 0 Å². The lowest BCUT2D eigenvalue weighted by Crippen LogP contribution is -2.42. The summed E-state index contributed by atoms with van der Waals surface area (Å²) in [7, 11) is 1.53. The van der Waals surface area contributed by atoms with E-state index in [4.69, 9.17) is 26.3 Å². The maximum absolute atomic E-state index is 11.9. The van der Waals surface area contributed by atoms with E-state index in [1.165, 1.54) is 7.11 Å². The van der Waals surface area contributed by atoms with Crippen molar-refractivity contribution in [1.82, 2.24) is 5.32 Å². The number of nitriles is 1. The second-order valence-corrected chi connectivity index (χ2v) is 7.89. The van der Waals surface area contributed by atoms with Crippen LogP contribution in [0.15, 0.2) is 12.1 Å². The number of rotatable bonds is 4. The van der Waals surface area contributed by atoms with Gasteiger partial charge in [-0.05, 0) is 52.5 Å². The van der Waals surface area contributed by atoms with E-state index in [9.17, 15) is 4.79 Å². The van der Waals surface area contributed by atoms with E-state index in [0.717, 1.165) is 31.4 Å². The molecule has 0 atom stereocenters. The van der Waals surface area contributed by atoms with Gasteiger partial charge in [-0.2, -0.15) is 5.26 Å². The monoisotopic (exact) mass is 379 g/mol. The lowest BCUT2D eigenvalue weighted by molar-refractivity contribution is 0.0492. The van der Waals surface area contributed by atoms with Crippen LogP contribution in [-0.4, -0.2) is 30.9 Å². The molecule has 26 heavy (non-hydrogen) atoms. The van der Waals surface area contributed by atoms with Crippen LogP contribution < -0.4 is 15.4 Å². The first-order chi connectivity index (χ1) is 12.2. The van der Waals surface area contributed by atoms with Crippen LogP contribution in [0, 0.1) is 11.3 Å². The highest BCUT2D eigenvalue weighted by atomic mass is 35.5. The van der Waals surface area contributed by atoms with Crippen LogP contribution in [0.2, 0.25) is 5.02 Å². The van der Waals surface area contributed by atoms with Gasteiger partial charge in [-0.1, -0.05) is 11.6 Å². The predicted octanol–water partition coefficient (Wildman–Crippen LogP) is 4.47. The smallest absolute Gasteiger partial charge is 0.407 e. The van der Waals surface area contributed by atoms with Gasteiger partial charge in [-0.15, -0.1) is 0 Å². The van der Waals surface area contributed by atoms with Gasteiger partial charge in [0.1, 0.15) is 17.4 Å². The van der Waals surface area contributed by atoms with Crippen LogP contribution in [-0.2, 0) is 4.74 Å². The van der Waals surface area contributed by atoms with Crippen LogP contribution in [0.4, 0.5) is 10.5 Å². The molecule has 0 radical (unpaired) electrons. The molecule has 142 valence electrons. The highest BCUT2D eigenvalue weighted by Crippen LogP contribution is 2.32. The molecule has 1 aliphatic carbocycles. The second-order valence-electron chi connectivity index (χ2n) is 7.48. The SMILES string of the molecule is COc1cc(NC2CCC(NC(=O)OC(C)(C)C)CC2)c(Cl)cc1C#N. The van der Waals surface area contributed by atoms with Crippen molar-refractivity contribution in [3.05, 3.63) is 22.7 Å². The van der Waals surface area contributed by atoms with E-state index < -0.39 is 5.60 Å². The van der Waals surface area contributed by atoms with Crippen LogP contribution in [0.1, 0.15) is 52.0 Å². The molecule has 1 fully saturated rings. The number of hydrogen-bond acceptors (Lipinski definition) is 5. The fourth-order valence-corrected chi connectivity index (χ4v) is 3.21. The van der Waals surface area contributed by atoms with Gasteiger partial charge in [-0.3, -0.25) is 0 Å². The summed E-state index contributed by atoms with van der Waals surface area (Å²) in [5.74, 6) is 0.500. The standard InChI is InChI=1S/C19H26ClN3O3/c1-19(2,3)26-18(24)23-14-7-5-13(6-8-14)22-16-10-17(25-4)12(11-21)9-15(16)20/h9-10,13-14,22H,5-8H2,1-4H3,(H,23,24). The third kappa shape index (κ3) is 5.70. The van der Waals surface area contributed by atoms with Gasteiger partial charge in [0.25, 0.3) is 0 Å². The molecule has 1 amide bonds. The zero-order valence-corrected chi connectivity index (χ0v) is 16.4. The molecule has 0 bridgehead atoms. The Balaban J connectivity index is 1.89. The third-order valence-corrected chi connectivity index (χ3v) is 4.53. The van der Waals surface area contributed by atoms with E-state index in [1.807, 2.05) is 20.8 Å². The molecule has 0 aliphatic heterocycles. The minimum Gasteiger partial charge on any atom is -0.495 e. The van der Waals surface area contributed by atoms with Crippen molar-refractivity contribution in [2.24, 2.45) is 0 Å². The summed E-state index contributed by atoms with van der Waals surface area (Å²) in [6.45, 7) is 5.55. The molecule has 0 heterocycles. The van der Waals surface area contributed by atoms with Crippen molar-refractivity contribution < 1.29 is 14.3 Å². The fourth-order valence-electron chi connectivity index (χ4n) is 3.00. The quantitative estimate of drug-likeness (QED) is 0.806. The Morgan fingerprint density at radius 3 is 2.38 bits per heavy atom. The van der Waals surface area contributed by atoms with E-state index >= 15 is 0 Å². The maximum Gasteiger partial charge on any atom is 0.407 e. The number of methoxy groups -OCH3 is 1. The Kier molecular flexibility index (Phi) is 6.60. The summed E-state index contributed by atoms with van der Waals surface area (Å²) >= 11 is 6.27. The summed E-state index contributed by atoms with van der Waals surface area (Å²) in [6, 6.07) is 5.81. The van der Waals surface area contributed by atoms with E-state index in [0.29, 0.717) is 16.3 Å². The normalized spacial score (nSPS) is 20.0. The first kappa shape index (κ1) is 20.2. The van der Waals surface area contributed by atoms with Gasteiger partial charge in [0.05, 0.1) is 23.4 Å². The number of amides is 1. The summed E-state index contributed by atoms with van der Waals surface area (Å²) in [4.78, 5) is 11.9. The molecule has 2 rings (SSSR count). The lowest BCUT2D eigenvalue weighted by Gasteiger charge is -2.31. The molecule has 0 spiro atoms. The Hall–Kier alpha value is -2.13. The predicted molar refractivity (Wildman–Crippen MR) is 102 cm³/mol. The minimum atomic E-state index is -0.492. The highest BCUT2D eigenvalue weighted by Gasteiger charge is 2.25. The van der Waals surface area contributed by atoms with Crippen LogP contribution in [0.5, 0.6) is 5.75 Å². The molecule has 7 heteroatoms. The van der Waals surface area contributed by atoms with Gasteiger partial charge in [-0.25, -0.2) is 4.79 Å². The Morgan fingerprint density at radius 2 is 1.85 bits per heavy atom. The average molecular weight is 380 g/mol. The van der Waals surface area contributed by atoms with Crippen molar-refractivity contribution in [2.75, 3.05) is 12.4 Å². The van der Waals surface area contributed by atoms with E-state index in [-0.39, 0.29) is 18.2 Å². The number of carbonyl (C=O) groups is 1. The number of alkyl carbamates (subject to hydrolysis) is 1. The number of hydrogen-bond donors (Lipinski definition) is 2. The fraction of sp³-hybridized carbons (Fsp3) is 0.579. The van der Waals surface area contributed by atoms with Crippen molar-refractivity contribution in [3.8, 4) is 11.8 Å². The van der Waals surface area contributed by atoms with Gasteiger partial charge < -0.3 is 20.1 Å². The summed E-state index contributed by atoms with van der Waals surface area (Å²) in [5, 5.41) is 16.0. The van der Waals surface area contributed by atoms with Crippen molar-refractivity contribution >= 4 is 23.4 Å². The molecule has 1 aliphatic rings. The Labute approximate surface area is 159 Å². The first-order valence-electron chi connectivity index (χ1n) is 8.75. The molecule has 2 N–H and O–H groups in total. The first-order valence-corrected chi connectivity index (χ1v) is 9.13.